The van der Waals surface area contributed by atoms with E-state index in [1.807, 2.05) is 13.0 Å². The molecular weight excluding hydrogens is 230 g/mol. The highest BCUT2D eigenvalue weighted by molar-refractivity contribution is 5.39. The predicted molar refractivity (Wildman–Crippen MR) is 71.9 cm³/mol. The van der Waals surface area contributed by atoms with Crippen molar-refractivity contribution in [1.82, 2.24) is 4.90 Å². The van der Waals surface area contributed by atoms with E-state index in [0.29, 0.717) is 19.7 Å². The molecule has 1 aromatic carbocycles. The normalized spacial score (nSPS) is 10.9. The second-order valence-corrected chi connectivity index (χ2v) is 4.22. The van der Waals surface area contributed by atoms with Crippen molar-refractivity contribution in [2.24, 2.45) is 0 Å². The highest BCUT2D eigenvalue weighted by Crippen LogP contribution is 2.24. The second kappa shape index (κ2) is 7.95. The lowest BCUT2D eigenvalue weighted by Crippen LogP contribution is -2.27. The number of phenols is 1. The summed E-state index contributed by atoms with van der Waals surface area (Å²) < 4.78 is 5.42. The van der Waals surface area contributed by atoms with E-state index >= 15 is 0 Å². The Balaban J connectivity index is 2.76. The van der Waals surface area contributed by atoms with Gasteiger partial charge in [0, 0.05) is 18.7 Å². The van der Waals surface area contributed by atoms with Crippen molar-refractivity contribution in [2.75, 3.05) is 26.3 Å². The molecule has 0 unspecified atom stereocenters. The van der Waals surface area contributed by atoms with Gasteiger partial charge >= 0.3 is 0 Å². The minimum absolute atomic E-state index is 0.131. The first-order valence-electron chi connectivity index (χ1n) is 6.49. The van der Waals surface area contributed by atoms with Crippen LogP contribution in [-0.4, -0.2) is 41.4 Å². The first-order chi connectivity index (χ1) is 8.71. The van der Waals surface area contributed by atoms with Crippen LogP contribution in [0.15, 0.2) is 18.2 Å². The molecule has 0 aliphatic rings. The topological polar surface area (TPSA) is 52.9 Å². The van der Waals surface area contributed by atoms with Crippen LogP contribution in [0.2, 0.25) is 0 Å². The monoisotopic (exact) mass is 253 g/mol. The van der Waals surface area contributed by atoms with Crippen LogP contribution in [0, 0.1) is 0 Å². The highest BCUT2D eigenvalue weighted by Gasteiger charge is 2.09. The molecule has 102 valence electrons. The van der Waals surface area contributed by atoms with E-state index < -0.39 is 0 Å². The van der Waals surface area contributed by atoms with Crippen LogP contribution in [0.3, 0.4) is 0 Å². The van der Waals surface area contributed by atoms with Crippen LogP contribution in [0.5, 0.6) is 11.5 Å². The summed E-state index contributed by atoms with van der Waals surface area (Å²) in [5.41, 5.74) is 0.836. The van der Waals surface area contributed by atoms with Gasteiger partial charge < -0.3 is 14.9 Å². The van der Waals surface area contributed by atoms with Crippen molar-refractivity contribution >= 4 is 0 Å². The smallest absolute Gasteiger partial charge is 0.120 e. The summed E-state index contributed by atoms with van der Waals surface area (Å²) in [6.07, 6.45) is 1.02. The van der Waals surface area contributed by atoms with Crippen molar-refractivity contribution in [3.63, 3.8) is 0 Å². The molecule has 0 aliphatic heterocycles. The summed E-state index contributed by atoms with van der Waals surface area (Å²) in [6.45, 7) is 6.92. The van der Waals surface area contributed by atoms with Gasteiger partial charge in [-0.05, 0) is 38.1 Å². The number of nitrogens with zero attached hydrogens (tertiary/aromatic N) is 1. The van der Waals surface area contributed by atoms with Gasteiger partial charge in [-0.1, -0.05) is 6.92 Å². The van der Waals surface area contributed by atoms with E-state index in [9.17, 15) is 5.11 Å². The van der Waals surface area contributed by atoms with Crippen molar-refractivity contribution in [3.05, 3.63) is 23.8 Å². The zero-order valence-electron chi connectivity index (χ0n) is 11.2. The van der Waals surface area contributed by atoms with E-state index in [0.717, 1.165) is 24.3 Å². The van der Waals surface area contributed by atoms with Crippen molar-refractivity contribution in [1.29, 1.82) is 0 Å². The molecule has 1 aromatic rings. The minimum Gasteiger partial charge on any atom is -0.508 e. The number of ether oxygens (including phenoxy) is 1. The molecule has 0 heterocycles. The minimum atomic E-state index is 0.131. The van der Waals surface area contributed by atoms with Crippen molar-refractivity contribution in [3.8, 4) is 11.5 Å². The first kappa shape index (κ1) is 14.8. The first-order valence-corrected chi connectivity index (χ1v) is 6.49. The largest absolute Gasteiger partial charge is 0.508 e. The summed E-state index contributed by atoms with van der Waals surface area (Å²) in [5, 5.41) is 18.9. The summed E-state index contributed by atoms with van der Waals surface area (Å²) in [5.74, 6) is 1.04. The number of phenolic OH excluding ortho intramolecular Hbond substituents is 1. The molecule has 4 nitrogen and oxygen atoms in total. The number of aromatic hydroxyl groups is 1. The Bertz CT molecular complexity index is 349. The highest BCUT2D eigenvalue weighted by atomic mass is 16.5. The fourth-order valence-electron chi connectivity index (χ4n) is 1.91. The van der Waals surface area contributed by atoms with Crippen LogP contribution >= 0.6 is 0 Å². The van der Waals surface area contributed by atoms with Gasteiger partial charge in [0.2, 0.25) is 0 Å². The molecule has 0 radical (unpaired) electrons. The van der Waals surface area contributed by atoms with E-state index in [4.69, 9.17) is 9.84 Å². The lowest BCUT2D eigenvalue weighted by molar-refractivity contribution is 0.189. The van der Waals surface area contributed by atoms with Gasteiger partial charge in [0.25, 0.3) is 0 Å². The van der Waals surface area contributed by atoms with Crippen LogP contribution in [0.25, 0.3) is 0 Å². The van der Waals surface area contributed by atoms with Crippen LogP contribution in [0.1, 0.15) is 25.8 Å². The van der Waals surface area contributed by atoms with Gasteiger partial charge in [-0.15, -0.1) is 0 Å². The Morgan fingerprint density at radius 1 is 1.22 bits per heavy atom. The lowest BCUT2D eigenvalue weighted by Gasteiger charge is -2.21. The SMILES string of the molecule is CCCN(CCO)Cc1cc(OCC)ccc1O. The molecule has 0 saturated heterocycles. The zero-order valence-corrected chi connectivity index (χ0v) is 11.2. The van der Waals surface area contributed by atoms with E-state index in [1.165, 1.54) is 0 Å². The third-order valence-corrected chi connectivity index (χ3v) is 2.71. The zero-order chi connectivity index (χ0) is 13.4. The van der Waals surface area contributed by atoms with Crippen LogP contribution in [0.4, 0.5) is 0 Å². The Morgan fingerprint density at radius 3 is 2.61 bits per heavy atom. The summed E-state index contributed by atoms with van der Waals surface area (Å²) in [4.78, 5) is 2.12. The molecule has 0 spiro atoms. The quantitative estimate of drug-likeness (QED) is 0.744. The fraction of sp³-hybridized carbons (Fsp3) is 0.571. The summed E-state index contributed by atoms with van der Waals surface area (Å²) >= 11 is 0. The second-order valence-electron chi connectivity index (χ2n) is 4.22. The molecule has 0 aliphatic carbocycles. The Morgan fingerprint density at radius 2 is 2.00 bits per heavy atom. The standard InChI is InChI=1S/C14H23NO3/c1-3-7-15(8-9-16)11-12-10-13(18-4-2)5-6-14(12)17/h5-6,10,16-17H,3-4,7-9,11H2,1-2H3. The maximum atomic E-state index is 9.84. The molecule has 4 heteroatoms. The Hall–Kier alpha value is -1.26. The Labute approximate surface area is 109 Å². The lowest BCUT2D eigenvalue weighted by atomic mass is 10.1. The number of rotatable bonds is 8. The molecule has 2 N–H and O–H groups in total. The number of hydrogen-bond acceptors (Lipinski definition) is 4. The Kier molecular flexibility index (Phi) is 6.54. The number of hydrogen-bond donors (Lipinski definition) is 2. The van der Waals surface area contributed by atoms with Gasteiger partial charge in [0.1, 0.15) is 11.5 Å². The van der Waals surface area contributed by atoms with E-state index in [1.54, 1.807) is 12.1 Å². The molecule has 0 atom stereocenters. The molecule has 0 fully saturated rings. The van der Waals surface area contributed by atoms with Crippen molar-refractivity contribution < 1.29 is 14.9 Å². The average Bonchev–Trinajstić information content (AvgIpc) is 2.34. The molecule has 0 saturated carbocycles. The summed E-state index contributed by atoms with van der Waals surface area (Å²) in [7, 11) is 0. The van der Waals surface area contributed by atoms with Gasteiger partial charge in [0.15, 0.2) is 0 Å². The third kappa shape index (κ3) is 4.55. The van der Waals surface area contributed by atoms with Crippen molar-refractivity contribution in [2.45, 2.75) is 26.8 Å². The van der Waals surface area contributed by atoms with Crippen LogP contribution in [-0.2, 0) is 6.54 Å². The van der Waals surface area contributed by atoms with E-state index in [2.05, 4.69) is 11.8 Å². The number of benzene rings is 1. The van der Waals surface area contributed by atoms with Gasteiger partial charge in [-0.2, -0.15) is 0 Å². The molecule has 0 bridgehead atoms. The molecule has 18 heavy (non-hydrogen) atoms. The maximum Gasteiger partial charge on any atom is 0.120 e. The molecule has 0 amide bonds. The van der Waals surface area contributed by atoms with Gasteiger partial charge in [-0.25, -0.2) is 0 Å². The molecule has 1 rings (SSSR count). The number of aliphatic hydroxyl groups is 1. The van der Waals surface area contributed by atoms with Gasteiger partial charge in [0.05, 0.1) is 13.2 Å². The van der Waals surface area contributed by atoms with Crippen LogP contribution < -0.4 is 4.74 Å². The summed E-state index contributed by atoms with van der Waals surface area (Å²) in [6, 6.07) is 5.28. The van der Waals surface area contributed by atoms with E-state index in [-0.39, 0.29) is 12.4 Å². The average molecular weight is 253 g/mol. The third-order valence-electron chi connectivity index (χ3n) is 2.71. The maximum absolute atomic E-state index is 9.84. The molecule has 0 aromatic heterocycles. The van der Waals surface area contributed by atoms with Gasteiger partial charge in [-0.3, -0.25) is 4.90 Å². The fourth-order valence-corrected chi connectivity index (χ4v) is 1.91. The molecular formula is C14H23NO3. The number of aliphatic hydroxyl groups excluding tert-OH is 1. The predicted octanol–water partition coefficient (Wildman–Crippen LogP) is 2.00.